The minimum atomic E-state index is -0.0723. The van der Waals surface area contributed by atoms with E-state index in [0.717, 1.165) is 22.0 Å². The molecule has 3 N–H and O–H groups in total. The molecule has 1 heterocycles. The van der Waals surface area contributed by atoms with Crippen LogP contribution in [0.4, 0.5) is 11.4 Å². The summed E-state index contributed by atoms with van der Waals surface area (Å²) in [5.41, 5.74) is 8.05. The predicted octanol–water partition coefficient (Wildman–Crippen LogP) is 3.00. The van der Waals surface area contributed by atoms with Crippen LogP contribution in [-0.2, 0) is 11.2 Å². The first-order valence-electron chi connectivity index (χ1n) is 6.69. The largest absolute Gasteiger partial charge is 0.399 e. The van der Waals surface area contributed by atoms with Crippen molar-refractivity contribution in [3.63, 3.8) is 0 Å². The van der Waals surface area contributed by atoms with E-state index in [4.69, 9.17) is 5.73 Å². The minimum Gasteiger partial charge on any atom is -0.399 e. The Hall–Kier alpha value is -2.88. The van der Waals surface area contributed by atoms with Crippen molar-refractivity contribution in [3.8, 4) is 0 Å². The molecule has 4 nitrogen and oxygen atoms in total. The first-order chi connectivity index (χ1) is 10.2. The molecule has 4 heteroatoms. The molecule has 0 spiro atoms. The van der Waals surface area contributed by atoms with Crippen LogP contribution in [0.25, 0.3) is 10.8 Å². The van der Waals surface area contributed by atoms with Crippen molar-refractivity contribution in [1.82, 2.24) is 4.98 Å². The summed E-state index contributed by atoms with van der Waals surface area (Å²) in [6.45, 7) is 0. The van der Waals surface area contributed by atoms with E-state index in [1.165, 1.54) is 0 Å². The van der Waals surface area contributed by atoms with E-state index in [2.05, 4.69) is 10.3 Å². The second-order valence-corrected chi connectivity index (χ2v) is 4.87. The lowest BCUT2D eigenvalue weighted by molar-refractivity contribution is -0.115. The number of hydrogen-bond donors (Lipinski definition) is 2. The number of hydrogen-bond acceptors (Lipinski definition) is 3. The number of nitrogens with zero attached hydrogens (tertiary/aromatic N) is 1. The van der Waals surface area contributed by atoms with Crippen LogP contribution in [0.1, 0.15) is 5.56 Å². The van der Waals surface area contributed by atoms with Crippen LogP contribution in [0.5, 0.6) is 0 Å². The fraction of sp³-hybridized carbons (Fsp3) is 0.0588. The first-order valence-corrected chi connectivity index (χ1v) is 6.69. The normalized spacial score (nSPS) is 10.5. The molecule has 0 bridgehead atoms. The lowest BCUT2D eigenvalue weighted by atomic mass is 10.1. The van der Waals surface area contributed by atoms with Crippen molar-refractivity contribution in [3.05, 3.63) is 66.5 Å². The molecule has 0 radical (unpaired) electrons. The fourth-order valence-electron chi connectivity index (χ4n) is 2.31. The monoisotopic (exact) mass is 277 g/mol. The molecule has 21 heavy (non-hydrogen) atoms. The number of carbonyl (C=O) groups excluding carboxylic acids is 1. The second-order valence-electron chi connectivity index (χ2n) is 4.87. The summed E-state index contributed by atoms with van der Waals surface area (Å²) in [6, 6.07) is 15.1. The van der Waals surface area contributed by atoms with E-state index in [0.29, 0.717) is 12.1 Å². The van der Waals surface area contributed by atoms with Crippen LogP contribution in [-0.4, -0.2) is 10.9 Å². The Morgan fingerprint density at radius 1 is 1.14 bits per heavy atom. The molecule has 1 amide bonds. The summed E-state index contributed by atoms with van der Waals surface area (Å²) in [5, 5.41) is 4.91. The zero-order valence-corrected chi connectivity index (χ0v) is 11.4. The van der Waals surface area contributed by atoms with Crippen molar-refractivity contribution < 1.29 is 4.79 Å². The standard InChI is InChI=1S/C17H15N3O/c18-14-5-1-3-12(9-14)10-17(21)20-16-6-2-4-13-7-8-19-11-15(13)16/h1-9,11H,10,18H2,(H,20,21). The summed E-state index contributed by atoms with van der Waals surface area (Å²) in [5.74, 6) is -0.0723. The fourth-order valence-corrected chi connectivity index (χ4v) is 2.31. The summed E-state index contributed by atoms with van der Waals surface area (Å²) < 4.78 is 0. The molecule has 0 aliphatic rings. The number of nitrogen functional groups attached to an aromatic ring is 1. The number of rotatable bonds is 3. The van der Waals surface area contributed by atoms with Gasteiger partial charge in [0.2, 0.25) is 5.91 Å². The number of benzene rings is 2. The first kappa shape index (κ1) is 13.1. The van der Waals surface area contributed by atoms with Gasteiger partial charge in [-0.25, -0.2) is 0 Å². The highest BCUT2D eigenvalue weighted by atomic mass is 16.1. The molecule has 3 aromatic rings. The van der Waals surface area contributed by atoms with E-state index < -0.39 is 0 Å². The average Bonchev–Trinajstić information content (AvgIpc) is 2.47. The maximum atomic E-state index is 12.2. The van der Waals surface area contributed by atoms with E-state index in [1.54, 1.807) is 18.5 Å². The van der Waals surface area contributed by atoms with Gasteiger partial charge in [-0.2, -0.15) is 0 Å². The molecule has 0 saturated carbocycles. The number of nitrogens with two attached hydrogens (primary N) is 1. The molecular formula is C17H15N3O. The molecule has 0 atom stereocenters. The maximum absolute atomic E-state index is 12.2. The molecule has 0 aliphatic heterocycles. The van der Waals surface area contributed by atoms with Gasteiger partial charge in [-0.3, -0.25) is 9.78 Å². The Kier molecular flexibility index (Phi) is 3.51. The Morgan fingerprint density at radius 3 is 2.86 bits per heavy atom. The summed E-state index contributed by atoms with van der Waals surface area (Å²) >= 11 is 0. The molecule has 1 aromatic heterocycles. The van der Waals surface area contributed by atoms with Gasteiger partial charge in [0.25, 0.3) is 0 Å². The van der Waals surface area contributed by atoms with E-state index >= 15 is 0 Å². The van der Waals surface area contributed by atoms with Crippen LogP contribution >= 0.6 is 0 Å². The molecule has 0 fully saturated rings. The third kappa shape index (κ3) is 3.00. The minimum absolute atomic E-state index is 0.0723. The number of amides is 1. The van der Waals surface area contributed by atoms with Gasteiger partial charge >= 0.3 is 0 Å². The van der Waals surface area contributed by atoms with E-state index in [9.17, 15) is 4.79 Å². The van der Waals surface area contributed by atoms with Gasteiger partial charge in [-0.05, 0) is 35.2 Å². The predicted molar refractivity (Wildman–Crippen MR) is 84.9 cm³/mol. The van der Waals surface area contributed by atoms with Crippen LogP contribution in [0.15, 0.2) is 60.9 Å². The number of anilines is 2. The second kappa shape index (κ2) is 5.63. The zero-order valence-electron chi connectivity index (χ0n) is 11.4. The third-order valence-corrected chi connectivity index (χ3v) is 3.27. The highest BCUT2D eigenvalue weighted by Gasteiger charge is 2.07. The van der Waals surface area contributed by atoms with E-state index in [1.807, 2.05) is 42.5 Å². The Labute approximate surface area is 122 Å². The van der Waals surface area contributed by atoms with Crippen molar-refractivity contribution >= 4 is 28.1 Å². The Morgan fingerprint density at radius 2 is 2.00 bits per heavy atom. The number of aromatic nitrogens is 1. The molecule has 3 rings (SSSR count). The molecule has 0 unspecified atom stereocenters. The van der Waals surface area contributed by atoms with Gasteiger partial charge in [0, 0.05) is 23.5 Å². The zero-order chi connectivity index (χ0) is 14.7. The third-order valence-electron chi connectivity index (χ3n) is 3.27. The van der Waals surface area contributed by atoms with Crippen molar-refractivity contribution in [2.45, 2.75) is 6.42 Å². The number of pyridine rings is 1. The van der Waals surface area contributed by atoms with Crippen molar-refractivity contribution in [1.29, 1.82) is 0 Å². The van der Waals surface area contributed by atoms with Crippen LogP contribution in [0.3, 0.4) is 0 Å². The molecular weight excluding hydrogens is 262 g/mol. The lowest BCUT2D eigenvalue weighted by Crippen LogP contribution is -2.14. The molecule has 2 aromatic carbocycles. The number of nitrogens with one attached hydrogen (secondary N) is 1. The van der Waals surface area contributed by atoms with Gasteiger partial charge in [-0.15, -0.1) is 0 Å². The Balaban J connectivity index is 1.80. The number of carbonyl (C=O) groups is 1. The summed E-state index contributed by atoms with van der Waals surface area (Å²) in [4.78, 5) is 16.3. The van der Waals surface area contributed by atoms with Crippen molar-refractivity contribution in [2.24, 2.45) is 0 Å². The molecule has 104 valence electrons. The quantitative estimate of drug-likeness (QED) is 0.723. The SMILES string of the molecule is Nc1cccc(CC(=O)Nc2cccc3ccncc23)c1. The highest BCUT2D eigenvalue weighted by molar-refractivity contribution is 6.02. The topological polar surface area (TPSA) is 68.0 Å². The van der Waals surface area contributed by atoms with Gasteiger partial charge in [0.05, 0.1) is 12.1 Å². The van der Waals surface area contributed by atoms with Gasteiger partial charge in [-0.1, -0.05) is 24.3 Å². The van der Waals surface area contributed by atoms with Gasteiger partial charge < -0.3 is 11.1 Å². The Bertz CT molecular complexity index is 793. The number of fused-ring (bicyclic) bond motifs is 1. The lowest BCUT2D eigenvalue weighted by Gasteiger charge is -2.08. The maximum Gasteiger partial charge on any atom is 0.228 e. The highest BCUT2D eigenvalue weighted by Crippen LogP contribution is 2.22. The summed E-state index contributed by atoms with van der Waals surface area (Å²) in [7, 11) is 0. The summed E-state index contributed by atoms with van der Waals surface area (Å²) in [6.07, 6.45) is 3.79. The van der Waals surface area contributed by atoms with Gasteiger partial charge in [0.1, 0.15) is 0 Å². The van der Waals surface area contributed by atoms with Crippen LogP contribution < -0.4 is 11.1 Å². The van der Waals surface area contributed by atoms with Gasteiger partial charge in [0.15, 0.2) is 0 Å². The van der Waals surface area contributed by atoms with Crippen LogP contribution in [0, 0.1) is 0 Å². The average molecular weight is 277 g/mol. The smallest absolute Gasteiger partial charge is 0.228 e. The van der Waals surface area contributed by atoms with Crippen molar-refractivity contribution in [2.75, 3.05) is 11.1 Å². The molecule has 0 aliphatic carbocycles. The molecule has 0 saturated heterocycles. The van der Waals surface area contributed by atoms with Crippen LogP contribution in [0.2, 0.25) is 0 Å². The van der Waals surface area contributed by atoms with E-state index in [-0.39, 0.29) is 5.91 Å².